The minimum Gasteiger partial charge on any atom is -0.493 e. The Morgan fingerprint density at radius 3 is 2.33 bits per heavy atom. The van der Waals surface area contributed by atoms with E-state index in [2.05, 4.69) is 0 Å². The molecule has 0 amide bonds. The highest BCUT2D eigenvalue weighted by molar-refractivity contribution is 6.30. The summed E-state index contributed by atoms with van der Waals surface area (Å²) in [5, 5.41) is 0.0530. The number of alkyl halides is 3. The predicted molar refractivity (Wildman–Crippen MR) is 66.0 cm³/mol. The van der Waals surface area contributed by atoms with Crippen LogP contribution in [0.1, 0.15) is 32.3 Å². The zero-order chi connectivity index (χ0) is 13.8. The van der Waals surface area contributed by atoms with Crippen LogP contribution in [0.25, 0.3) is 0 Å². The van der Waals surface area contributed by atoms with Crippen molar-refractivity contribution in [1.82, 2.24) is 0 Å². The summed E-state index contributed by atoms with van der Waals surface area (Å²) in [4.78, 5) is 0. The van der Waals surface area contributed by atoms with E-state index in [1.807, 2.05) is 13.8 Å². The highest BCUT2D eigenvalue weighted by atomic mass is 35.5. The third-order valence-corrected chi connectivity index (χ3v) is 3.11. The number of rotatable bonds is 5. The molecule has 0 unspecified atom stereocenters. The molecule has 0 bridgehead atoms. The molecule has 0 N–H and O–H groups in total. The van der Waals surface area contributed by atoms with Crippen molar-refractivity contribution in [2.24, 2.45) is 5.92 Å². The zero-order valence-electron chi connectivity index (χ0n) is 10.4. The highest BCUT2D eigenvalue weighted by Gasteiger charge is 2.34. The first-order chi connectivity index (χ1) is 8.38. The van der Waals surface area contributed by atoms with Gasteiger partial charge in [-0.15, -0.1) is 0 Å². The van der Waals surface area contributed by atoms with Crippen molar-refractivity contribution in [1.29, 1.82) is 0 Å². The van der Waals surface area contributed by atoms with E-state index in [1.165, 1.54) is 12.1 Å². The van der Waals surface area contributed by atoms with Gasteiger partial charge in [-0.25, -0.2) is 0 Å². The Morgan fingerprint density at radius 1 is 1.22 bits per heavy atom. The van der Waals surface area contributed by atoms with E-state index in [4.69, 9.17) is 16.3 Å². The van der Waals surface area contributed by atoms with Crippen LogP contribution >= 0.6 is 11.6 Å². The molecule has 1 rings (SSSR count). The number of halogens is 4. The smallest absolute Gasteiger partial charge is 0.420 e. The number of ether oxygens (including phenoxy) is 1. The fourth-order valence-corrected chi connectivity index (χ4v) is 1.75. The Kier molecular flexibility index (Phi) is 5.32. The van der Waals surface area contributed by atoms with E-state index in [1.54, 1.807) is 0 Å². The molecule has 102 valence electrons. The van der Waals surface area contributed by atoms with Gasteiger partial charge in [0.25, 0.3) is 0 Å². The Bertz CT molecular complexity index is 386. The SMILES string of the molecule is CCC(CC)COc1ccc(Cl)cc1C(F)(F)F. The van der Waals surface area contributed by atoms with Gasteiger partial charge in [0.15, 0.2) is 0 Å². The van der Waals surface area contributed by atoms with Crippen LogP contribution in [-0.4, -0.2) is 6.61 Å². The van der Waals surface area contributed by atoms with Crippen LogP contribution in [0, 0.1) is 5.92 Å². The summed E-state index contributed by atoms with van der Waals surface area (Å²) < 4.78 is 43.6. The first-order valence-corrected chi connectivity index (χ1v) is 6.25. The minimum atomic E-state index is -4.45. The second kappa shape index (κ2) is 6.32. The van der Waals surface area contributed by atoms with Gasteiger partial charge in [-0.1, -0.05) is 38.3 Å². The van der Waals surface area contributed by atoms with Crippen molar-refractivity contribution < 1.29 is 17.9 Å². The average molecular weight is 281 g/mol. The van der Waals surface area contributed by atoms with Gasteiger partial charge in [0.1, 0.15) is 5.75 Å². The molecule has 0 saturated heterocycles. The summed E-state index contributed by atoms with van der Waals surface area (Å²) in [5.74, 6) is 0.112. The molecule has 0 aromatic heterocycles. The number of hydrogen-bond donors (Lipinski definition) is 0. The van der Waals surface area contributed by atoms with Crippen molar-refractivity contribution in [3.8, 4) is 5.75 Å². The monoisotopic (exact) mass is 280 g/mol. The summed E-state index contributed by atoms with van der Waals surface area (Å²) in [6, 6.07) is 3.57. The molecule has 0 aliphatic heterocycles. The summed E-state index contributed by atoms with van der Waals surface area (Å²) in [7, 11) is 0. The second-order valence-corrected chi connectivity index (χ2v) is 4.57. The maximum atomic E-state index is 12.8. The van der Waals surface area contributed by atoms with E-state index in [-0.39, 0.29) is 23.3 Å². The Balaban J connectivity index is 2.88. The summed E-state index contributed by atoms with van der Waals surface area (Å²) in [6.07, 6.45) is -2.69. The molecule has 0 heterocycles. The van der Waals surface area contributed by atoms with Crippen LogP contribution in [0.3, 0.4) is 0 Å². The molecule has 0 aliphatic carbocycles. The van der Waals surface area contributed by atoms with Gasteiger partial charge in [0.05, 0.1) is 12.2 Å². The van der Waals surface area contributed by atoms with Gasteiger partial charge < -0.3 is 4.74 Å². The number of benzene rings is 1. The van der Waals surface area contributed by atoms with Crippen molar-refractivity contribution in [3.05, 3.63) is 28.8 Å². The highest BCUT2D eigenvalue weighted by Crippen LogP contribution is 2.38. The lowest BCUT2D eigenvalue weighted by atomic mass is 10.1. The van der Waals surface area contributed by atoms with Crippen molar-refractivity contribution in [2.75, 3.05) is 6.61 Å². The maximum absolute atomic E-state index is 12.8. The first-order valence-electron chi connectivity index (χ1n) is 5.88. The molecule has 1 aromatic rings. The van der Waals surface area contributed by atoms with Crippen molar-refractivity contribution >= 4 is 11.6 Å². The Hall–Kier alpha value is -0.900. The van der Waals surface area contributed by atoms with Crippen molar-refractivity contribution in [3.63, 3.8) is 0 Å². The summed E-state index contributed by atoms with van der Waals surface area (Å²) in [6.45, 7) is 4.27. The fraction of sp³-hybridized carbons (Fsp3) is 0.538. The lowest BCUT2D eigenvalue weighted by Crippen LogP contribution is -2.14. The van der Waals surface area contributed by atoms with Gasteiger partial charge in [-0.05, 0) is 24.1 Å². The average Bonchev–Trinajstić information content (AvgIpc) is 2.30. The van der Waals surface area contributed by atoms with E-state index < -0.39 is 11.7 Å². The molecule has 5 heteroatoms. The van der Waals surface area contributed by atoms with Crippen LogP contribution in [0.4, 0.5) is 13.2 Å². The fourth-order valence-electron chi connectivity index (χ4n) is 1.58. The van der Waals surface area contributed by atoms with Gasteiger partial charge in [0.2, 0.25) is 0 Å². The number of hydrogen-bond acceptors (Lipinski definition) is 1. The summed E-state index contributed by atoms with van der Waals surface area (Å²) in [5.41, 5.74) is -0.819. The van der Waals surface area contributed by atoms with Crippen LogP contribution in [0.5, 0.6) is 5.75 Å². The molecular formula is C13H16ClF3O. The Labute approximate surface area is 110 Å². The zero-order valence-corrected chi connectivity index (χ0v) is 11.1. The molecule has 0 radical (unpaired) electrons. The van der Waals surface area contributed by atoms with E-state index in [9.17, 15) is 13.2 Å². The predicted octanol–water partition coefficient (Wildman–Crippen LogP) is 5.17. The molecular weight excluding hydrogens is 265 g/mol. The molecule has 1 nitrogen and oxygen atoms in total. The molecule has 0 fully saturated rings. The first kappa shape index (κ1) is 15.2. The third kappa shape index (κ3) is 4.09. The quantitative estimate of drug-likeness (QED) is 0.722. The van der Waals surface area contributed by atoms with E-state index >= 15 is 0 Å². The van der Waals surface area contributed by atoms with E-state index in [0.29, 0.717) is 0 Å². The van der Waals surface area contributed by atoms with Gasteiger partial charge >= 0.3 is 6.18 Å². The maximum Gasteiger partial charge on any atom is 0.420 e. The van der Waals surface area contributed by atoms with E-state index in [0.717, 1.165) is 18.9 Å². The lowest BCUT2D eigenvalue weighted by Gasteiger charge is -2.17. The van der Waals surface area contributed by atoms with Crippen LogP contribution in [0.2, 0.25) is 5.02 Å². The lowest BCUT2D eigenvalue weighted by molar-refractivity contribution is -0.139. The molecule has 0 aliphatic rings. The second-order valence-electron chi connectivity index (χ2n) is 4.13. The van der Waals surface area contributed by atoms with Crippen LogP contribution in [-0.2, 0) is 6.18 Å². The Morgan fingerprint density at radius 2 is 1.83 bits per heavy atom. The standard InChI is InChI=1S/C13H16ClF3O/c1-3-9(4-2)8-18-12-6-5-10(14)7-11(12)13(15,16)17/h5-7,9H,3-4,8H2,1-2H3. The van der Waals surface area contributed by atoms with Crippen LogP contribution in [0.15, 0.2) is 18.2 Å². The van der Waals surface area contributed by atoms with Gasteiger partial charge in [-0.2, -0.15) is 13.2 Å². The van der Waals surface area contributed by atoms with Gasteiger partial charge in [0, 0.05) is 5.02 Å². The molecule has 18 heavy (non-hydrogen) atoms. The molecule has 0 spiro atoms. The minimum absolute atomic E-state index is 0.0530. The van der Waals surface area contributed by atoms with Crippen LogP contribution < -0.4 is 4.74 Å². The largest absolute Gasteiger partial charge is 0.493 e. The molecule has 1 aromatic carbocycles. The third-order valence-electron chi connectivity index (χ3n) is 2.88. The molecule has 0 saturated carbocycles. The van der Waals surface area contributed by atoms with Gasteiger partial charge in [-0.3, -0.25) is 0 Å². The topological polar surface area (TPSA) is 9.23 Å². The normalized spacial score (nSPS) is 11.9. The molecule has 0 atom stereocenters. The van der Waals surface area contributed by atoms with Crippen molar-refractivity contribution in [2.45, 2.75) is 32.9 Å². The summed E-state index contributed by atoms with van der Waals surface area (Å²) >= 11 is 5.58.